The lowest BCUT2D eigenvalue weighted by Gasteiger charge is -2.28. The van der Waals surface area contributed by atoms with Gasteiger partial charge in [0, 0.05) is 5.02 Å². The van der Waals surface area contributed by atoms with E-state index in [0.29, 0.717) is 5.02 Å². The zero-order valence-electron chi connectivity index (χ0n) is 9.36. The van der Waals surface area contributed by atoms with Crippen molar-refractivity contribution in [2.45, 2.75) is 5.54 Å². The van der Waals surface area contributed by atoms with E-state index in [9.17, 15) is 4.79 Å². The van der Waals surface area contributed by atoms with Gasteiger partial charge in [0.25, 0.3) is 5.91 Å². The number of rotatable bonds is 5. The minimum Gasteiger partial charge on any atom is -0.394 e. The number of hydrogen-bond acceptors (Lipinski definition) is 4. The Balaban J connectivity index is 2.94. The number of carbonyl (C=O) groups excluding carboxylic acids is 1. The van der Waals surface area contributed by atoms with E-state index in [4.69, 9.17) is 38.5 Å². The van der Waals surface area contributed by atoms with Crippen molar-refractivity contribution in [3.63, 3.8) is 0 Å². The van der Waals surface area contributed by atoms with Crippen LogP contribution in [0, 0.1) is 0 Å². The summed E-state index contributed by atoms with van der Waals surface area (Å²) >= 11 is 11.6. The molecule has 1 amide bonds. The van der Waals surface area contributed by atoms with E-state index in [2.05, 4.69) is 5.32 Å². The van der Waals surface area contributed by atoms with E-state index >= 15 is 0 Å². The minimum atomic E-state index is -1.49. The summed E-state index contributed by atoms with van der Waals surface area (Å²) < 4.78 is 0. The smallest absolute Gasteiger partial charge is 0.253 e. The van der Waals surface area contributed by atoms with Gasteiger partial charge in [-0.2, -0.15) is 0 Å². The van der Waals surface area contributed by atoms with Crippen molar-refractivity contribution >= 4 is 29.1 Å². The third kappa shape index (κ3) is 3.34. The Morgan fingerprint density at radius 1 is 1.17 bits per heavy atom. The Kier molecular flexibility index (Phi) is 5.37. The fourth-order valence-electron chi connectivity index (χ4n) is 1.25. The fourth-order valence-corrected chi connectivity index (χ4v) is 1.74. The van der Waals surface area contributed by atoms with Gasteiger partial charge in [0.05, 0.1) is 30.4 Å². The average Bonchev–Trinajstić information content (AvgIpc) is 2.36. The molecule has 0 saturated heterocycles. The number of benzene rings is 1. The lowest BCUT2D eigenvalue weighted by Crippen LogP contribution is -2.57. The maximum Gasteiger partial charge on any atom is 0.253 e. The van der Waals surface area contributed by atoms with Crippen LogP contribution in [0.2, 0.25) is 10.0 Å². The molecule has 0 aliphatic rings. The van der Waals surface area contributed by atoms with E-state index in [1.807, 2.05) is 0 Å². The Morgan fingerprint density at radius 3 is 2.17 bits per heavy atom. The second kappa shape index (κ2) is 6.36. The number of hydrogen-bond donors (Lipinski definition) is 4. The van der Waals surface area contributed by atoms with Crippen LogP contribution in [0.15, 0.2) is 18.2 Å². The SMILES string of the molecule is O=C(NC(CO)(CO)CO)c1ccc(Cl)cc1Cl. The molecule has 0 aliphatic heterocycles. The van der Waals surface area contributed by atoms with E-state index < -0.39 is 31.3 Å². The maximum atomic E-state index is 11.9. The Hall–Kier alpha value is -0.850. The van der Waals surface area contributed by atoms with Crippen LogP contribution in [0.5, 0.6) is 0 Å². The van der Waals surface area contributed by atoms with E-state index in [-0.39, 0.29) is 10.6 Å². The summed E-state index contributed by atoms with van der Waals surface area (Å²) in [6, 6.07) is 4.30. The second-order valence-corrected chi connectivity index (χ2v) is 4.68. The van der Waals surface area contributed by atoms with Crippen LogP contribution in [0.4, 0.5) is 0 Å². The van der Waals surface area contributed by atoms with E-state index in [1.54, 1.807) is 0 Å². The number of carbonyl (C=O) groups is 1. The fraction of sp³-hybridized carbons (Fsp3) is 0.364. The summed E-state index contributed by atoms with van der Waals surface area (Å²) in [7, 11) is 0. The van der Waals surface area contributed by atoms with Crippen LogP contribution in [0.25, 0.3) is 0 Å². The maximum absolute atomic E-state index is 11.9. The van der Waals surface area contributed by atoms with Crippen LogP contribution in [-0.2, 0) is 0 Å². The summed E-state index contributed by atoms with van der Waals surface area (Å²) in [4.78, 5) is 11.9. The van der Waals surface area contributed by atoms with Crippen molar-refractivity contribution in [3.8, 4) is 0 Å². The first-order valence-electron chi connectivity index (χ1n) is 5.08. The number of aliphatic hydroxyl groups excluding tert-OH is 3. The topological polar surface area (TPSA) is 89.8 Å². The Labute approximate surface area is 114 Å². The quantitative estimate of drug-likeness (QED) is 0.634. The third-order valence-electron chi connectivity index (χ3n) is 2.46. The molecule has 18 heavy (non-hydrogen) atoms. The molecule has 5 nitrogen and oxygen atoms in total. The summed E-state index contributed by atoms with van der Waals surface area (Å²) in [5.41, 5.74) is -1.35. The van der Waals surface area contributed by atoms with Gasteiger partial charge in [-0.05, 0) is 18.2 Å². The summed E-state index contributed by atoms with van der Waals surface area (Å²) in [5, 5.41) is 30.2. The molecule has 0 saturated carbocycles. The van der Waals surface area contributed by atoms with Crippen molar-refractivity contribution in [2.75, 3.05) is 19.8 Å². The van der Waals surface area contributed by atoms with Gasteiger partial charge in [0.1, 0.15) is 5.54 Å². The molecule has 0 spiro atoms. The highest BCUT2D eigenvalue weighted by Crippen LogP contribution is 2.21. The van der Waals surface area contributed by atoms with Crippen LogP contribution < -0.4 is 5.32 Å². The molecular weight excluding hydrogens is 281 g/mol. The standard InChI is InChI=1S/C11H13Cl2NO4/c12-7-1-2-8(9(13)3-7)10(18)14-11(4-15,5-16)6-17/h1-3,15-17H,4-6H2,(H,14,18). The number of halogens is 2. The minimum absolute atomic E-state index is 0.140. The first-order chi connectivity index (χ1) is 8.48. The highest BCUT2D eigenvalue weighted by molar-refractivity contribution is 6.36. The molecule has 1 rings (SSSR count). The van der Waals surface area contributed by atoms with Crippen molar-refractivity contribution in [1.29, 1.82) is 0 Å². The first-order valence-corrected chi connectivity index (χ1v) is 5.84. The second-order valence-electron chi connectivity index (χ2n) is 3.83. The highest BCUT2D eigenvalue weighted by Gasteiger charge is 2.30. The molecule has 0 atom stereocenters. The normalized spacial score (nSPS) is 11.4. The number of amides is 1. The highest BCUT2D eigenvalue weighted by atomic mass is 35.5. The number of aliphatic hydroxyl groups is 3. The lowest BCUT2D eigenvalue weighted by molar-refractivity contribution is 0.0375. The third-order valence-corrected chi connectivity index (χ3v) is 3.01. The van der Waals surface area contributed by atoms with E-state index in [1.165, 1.54) is 18.2 Å². The van der Waals surface area contributed by atoms with Gasteiger partial charge in [-0.3, -0.25) is 4.79 Å². The predicted molar refractivity (Wildman–Crippen MR) is 67.9 cm³/mol. The molecule has 0 aromatic heterocycles. The van der Waals surface area contributed by atoms with Gasteiger partial charge in [-0.1, -0.05) is 23.2 Å². The molecule has 1 aromatic rings. The zero-order chi connectivity index (χ0) is 13.8. The summed E-state index contributed by atoms with van der Waals surface area (Å²) in [6.07, 6.45) is 0. The van der Waals surface area contributed by atoms with Gasteiger partial charge in [-0.25, -0.2) is 0 Å². The van der Waals surface area contributed by atoms with Crippen LogP contribution in [-0.4, -0.2) is 46.6 Å². The van der Waals surface area contributed by atoms with Gasteiger partial charge in [0.15, 0.2) is 0 Å². The molecule has 0 fully saturated rings. The molecule has 0 unspecified atom stereocenters. The predicted octanol–water partition coefficient (Wildman–Crippen LogP) is 0.439. The Bertz CT molecular complexity index is 427. The summed E-state index contributed by atoms with van der Waals surface area (Å²) in [6.45, 7) is -1.80. The largest absolute Gasteiger partial charge is 0.394 e. The molecule has 100 valence electrons. The van der Waals surface area contributed by atoms with Crippen LogP contribution in [0.1, 0.15) is 10.4 Å². The zero-order valence-corrected chi connectivity index (χ0v) is 10.9. The van der Waals surface area contributed by atoms with E-state index in [0.717, 1.165) is 0 Å². The van der Waals surface area contributed by atoms with Gasteiger partial charge >= 0.3 is 0 Å². The molecule has 7 heteroatoms. The first kappa shape index (κ1) is 15.2. The summed E-state index contributed by atoms with van der Waals surface area (Å²) in [5.74, 6) is -0.617. The van der Waals surface area contributed by atoms with Crippen LogP contribution >= 0.6 is 23.2 Å². The Morgan fingerprint density at radius 2 is 1.72 bits per heavy atom. The van der Waals surface area contributed by atoms with Crippen LogP contribution in [0.3, 0.4) is 0 Å². The molecule has 0 radical (unpaired) electrons. The average molecular weight is 294 g/mol. The number of nitrogens with one attached hydrogen (secondary N) is 1. The van der Waals surface area contributed by atoms with Gasteiger partial charge in [-0.15, -0.1) is 0 Å². The molecule has 0 aliphatic carbocycles. The lowest BCUT2D eigenvalue weighted by atomic mass is 10.0. The van der Waals surface area contributed by atoms with Crippen molar-refractivity contribution in [1.82, 2.24) is 5.32 Å². The van der Waals surface area contributed by atoms with Crippen molar-refractivity contribution in [2.24, 2.45) is 0 Å². The molecule has 0 bridgehead atoms. The van der Waals surface area contributed by atoms with Crippen molar-refractivity contribution < 1.29 is 20.1 Å². The molecule has 0 heterocycles. The van der Waals surface area contributed by atoms with Gasteiger partial charge < -0.3 is 20.6 Å². The monoisotopic (exact) mass is 293 g/mol. The molecular formula is C11H13Cl2NO4. The van der Waals surface area contributed by atoms with Gasteiger partial charge in [0.2, 0.25) is 0 Å². The molecule has 4 N–H and O–H groups in total. The van der Waals surface area contributed by atoms with Crippen molar-refractivity contribution in [3.05, 3.63) is 33.8 Å². The molecule has 1 aromatic carbocycles.